The SMILES string of the molecule is CCCCCCCCCOCC(CO)OC(=O)CCCC. The second kappa shape index (κ2) is 15.8. The lowest BCUT2D eigenvalue weighted by molar-refractivity contribution is -0.154. The summed E-state index contributed by atoms with van der Waals surface area (Å²) in [5.74, 6) is -0.240. The summed E-state index contributed by atoms with van der Waals surface area (Å²) >= 11 is 0. The average Bonchev–Trinajstić information content (AvgIpc) is 2.50. The van der Waals surface area contributed by atoms with Crippen molar-refractivity contribution in [2.45, 2.75) is 84.2 Å². The minimum Gasteiger partial charge on any atom is -0.457 e. The molecule has 1 atom stereocenters. The van der Waals surface area contributed by atoms with E-state index in [1.807, 2.05) is 6.92 Å². The molecule has 0 saturated heterocycles. The first kappa shape index (κ1) is 20.4. The zero-order valence-electron chi connectivity index (χ0n) is 13.9. The monoisotopic (exact) mass is 302 g/mol. The van der Waals surface area contributed by atoms with Crippen LogP contribution in [0.3, 0.4) is 0 Å². The number of carbonyl (C=O) groups excluding carboxylic acids is 1. The Morgan fingerprint density at radius 1 is 0.952 bits per heavy atom. The lowest BCUT2D eigenvalue weighted by Crippen LogP contribution is -2.27. The van der Waals surface area contributed by atoms with Crippen molar-refractivity contribution in [3.63, 3.8) is 0 Å². The molecule has 0 amide bonds. The first-order valence-corrected chi connectivity index (χ1v) is 8.62. The molecule has 0 spiro atoms. The van der Waals surface area contributed by atoms with Crippen molar-refractivity contribution in [2.24, 2.45) is 0 Å². The number of unbranched alkanes of at least 4 members (excludes halogenated alkanes) is 7. The Hall–Kier alpha value is -0.610. The van der Waals surface area contributed by atoms with Gasteiger partial charge in [0.1, 0.15) is 6.10 Å². The molecular formula is C17H34O4. The third-order valence-corrected chi connectivity index (χ3v) is 3.43. The highest BCUT2D eigenvalue weighted by atomic mass is 16.6. The molecule has 0 aliphatic rings. The fraction of sp³-hybridized carbons (Fsp3) is 0.941. The molecule has 0 saturated carbocycles. The Kier molecular flexibility index (Phi) is 15.3. The minimum atomic E-state index is -0.515. The van der Waals surface area contributed by atoms with Crippen LogP contribution in [-0.4, -0.2) is 37.0 Å². The second-order valence-corrected chi connectivity index (χ2v) is 5.59. The summed E-state index contributed by atoms with van der Waals surface area (Å²) in [5.41, 5.74) is 0. The Morgan fingerprint density at radius 2 is 1.57 bits per heavy atom. The van der Waals surface area contributed by atoms with E-state index in [0.717, 1.165) is 19.3 Å². The van der Waals surface area contributed by atoms with Gasteiger partial charge in [0, 0.05) is 13.0 Å². The summed E-state index contributed by atoms with van der Waals surface area (Å²) in [6.07, 6.45) is 10.4. The fourth-order valence-electron chi connectivity index (χ4n) is 2.07. The van der Waals surface area contributed by atoms with E-state index in [-0.39, 0.29) is 12.6 Å². The predicted octanol–water partition coefficient (Wildman–Crippen LogP) is 3.85. The van der Waals surface area contributed by atoms with Crippen LogP contribution in [0, 0.1) is 0 Å². The maximum Gasteiger partial charge on any atom is 0.306 e. The van der Waals surface area contributed by atoms with E-state index >= 15 is 0 Å². The molecule has 4 nitrogen and oxygen atoms in total. The van der Waals surface area contributed by atoms with Crippen molar-refractivity contribution in [3.05, 3.63) is 0 Å². The van der Waals surface area contributed by atoms with E-state index < -0.39 is 6.10 Å². The van der Waals surface area contributed by atoms with Gasteiger partial charge in [-0.05, 0) is 12.8 Å². The van der Waals surface area contributed by atoms with Gasteiger partial charge < -0.3 is 14.6 Å². The molecule has 1 N–H and O–H groups in total. The van der Waals surface area contributed by atoms with Crippen molar-refractivity contribution >= 4 is 5.97 Å². The van der Waals surface area contributed by atoms with Gasteiger partial charge >= 0.3 is 5.97 Å². The fourth-order valence-corrected chi connectivity index (χ4v) is 2.07. The summed E-state index contributed by atoms with van der Waals surface area (Å²) in [6, 6.07) is 0. The molecule has 0 aliphatic heterocycles. The normalized spacial score (nSPS) is 12.3. The van der Waals surface area contributed by atoms with Crippen molar-refractivity contribution < 1.29 is 19.4 Å². The number of rotatable bonds is 15. The largest absolute Gasteiger partial charge is 0.457 e. The van der Waals surface area contributed by atoms with Crippen molar-refractivity contribution in [1.82, 2.24) is 0 Å². The molecule has 0 aromatic heterocycles. The van der Waals surface area contributed by atoms with Crippen molar-refractivity contribution in [1.29, 1.82) is 0 Å². The lowest BCUT2D eigenvalue weighted by Gasteiger charge is -2.15. The zero-order valence-corrected chi connectivity index (χ0v) is 13.9. The van der Waals surface area contributed by atoms with E-state index in [1.54, 1.807) is 0 Å². The average molecular weight is 302 g/mol. The second-order valence-electron chi connectivity index (χ2n) is 5.59. The molecule has 4 heteroatoms. The molecule has 0 aromatic carbocycles. The van der Waals surface area contributed by atoms with Crippen LogP contribution in [-0.2, 0) is 14.3 Å². The highest BCUT2D eigenvalue weighted by Crippen LogP contribution is 2.07. The molecule has 0 bridgehead atoms. The van der Waals surface area contributed by atoms with E-state index in [1.165, 1.54) is 38.5 Å². The molecule has 0 aliphatic carbocycles. The van der Waals surface area contributed by atoms with Gasteiger partial charge in [-0.25, -0.2) is 0 Å². The smallest absolute Gasteiger partial charge is 0.306 e. The third-order valence-electron chi connectivity index (χ3n) is 3.43. The van der Waals surface area contributed by atoms with Crippen LogP contribution in [0.2, 0.25) is 0 Å². The van der Waals surface area contributed by atoms with E-state index in [2.05, 4.69) is 6.92 Å². The highest BCUT2D eigenvalue weighted by Gasteiger charge is 2.13. The molecule has 126 valence electrons. The maximum absolute atomic E-state index is 11.4. The Morgan fingerprint density at radius 3 is 2.19 bits per heavy atom. The summed E-state index contributed by atoms with van der Waals surface area (Å²) in [7, 11) is 0. The maximum atomic E-state index is 11.4. The molecule has 0 heterocycles. The molecule has 0 fully saturated rings. The summed E-state index contributed by atoms with van der Waals surface area (Å²) in [6.45, 7) is 5.05. The number of ether oxygens (including phenoxy) is 2. The quantitative estimate of drug-likeness (QED) is 0.369. The van der Waals surface area contributed by atoms with Crippen molar-refractivity contribution in [2.75, 3.05) is 19.8 Å². The first-order chi connectivity index (χ1) is 10.2. The molecule has 0 radical (unpaired) electrons. The Labute approximate surface area is 130 Å². The summed E-state index contributed by atoms with van der Waals surface area (Å²) in [5, 5.41) is 9.17. The third kappa shape index (κ3) is 14.1. The zero-order chi connectivity index (χ0) is 15.8. The van der Waals surface area contributed by atoms with Crippen molar-refractivity contribution in [3.8, 4) is 0 Å². The van der Waals surface area contributed by atoms with E-state index in [4.69, 9.17) is 14.6 Å². The van der Waals surface area contributed by atoms with Gasteiger partial charge in [-0.1, -0.05) is 58.8 Å². The van der Waals surface area contributed by atoms with Gasteiger partial charge in [0.25, 0.3) is 0 Å². The van der Waals surface area contributed by atoms with Crippen LogP contribution in [0.15, 0.2) is 0 Å². The van der Waals surface area contributed by atoms with E-state index in [9.17, 15) is 4.79 Å². The number of hydrogen-bond acceptors (Lipinski definition) is 4. The summed E-state index contributed by atoms with van der Waals surface area (Å²) in [4.78, 5) is 11.4. The standard InChI is InChI=1S/C17H34O4/c1-3-5-7-8-9-10-11-13-20-15-16(14-18)21-17(19)12-6-4-2/h16,18H,3-15H2,1-2H3. The predicted molar refractivity (Wildman–Crippen MR) is 85.3 cm³/mol. The summed E-state index contributed by atoms with van der Waals surface area (Å²) < 4.78 is 10.6. The van der Waals surface area contributed by atoms with Crippen LogP contribution in [0.4, 0.5) is 0 Å². The molecular weight excluding hydrogens is 268 g/mol. The van der Waals surface area contributed by atoms with E-state index in [0.29, 0.717) is 19.6 Å². The highest BCUT2D eigenvalue weighted by molar-refractivity contribution is 5.69. The number of aliphatic hydroxyl groups excluding tert-OH is 1. The van der Waals surface area contributed by atoms with Gasteiger partial charge in [0.2, 0.25) is 0 Å². The van der Waals surface area contributed by atoms with Crippen LogP contribution in [0.5, 0.6) is 0 Å². The van der Waals surface area contributed by atoms with Crippen LogP contribution < -0.4 is 0 Å². The van der Waals surface area contributed by atoms with Crippen LogP contribution in [0.1, 0.15) is 78.1 Å². The Balaban J connectivity index is 3.44. The number of esters is 1. The van der Waals surface area contributed by atoms with Gasteiger partial charge in [0.05, 0.1) is 13.2 Å². The van der Waals surface area contributed by atoms with Gasteiger partial charge in [-0.2, -0.15) is 0 Å². The molecule has 21 heavy (non-hydrogen) atoms. The van der Waals surface area contributed by atoms with Crippen LogP contribution >= 0.6 is 0 Å². The number of aliphatic hydroxyl groups is 1. The minimum absolute atomic E-state index is 0.172. The Bertz CT molecular complexity index is 231. The van der Waals surface area contributed by atoms with Gasteiger partial charge in [0.15, 0.2) is 0 Å². The molecule has 0 rings (SSSR count). The lowest BCUT2D eigenvalue weighted by atomic mass is 10.1. The topological polar surface area (TPSA) is 55.8 Å². The number of carbonyl (C=O) groups is 1. The molecule has 0 aromatic rings. The van der Waals surface area contributed by atoms with Gasteiger partial charge in [-0.3, -0.25) is 4.79 Å². The van der Waals surface area contributed by atoms with Gasteiger partial charge in [-0.15, -0.1) is 0 Å². The number of hydrogen-bond donors (Lipinski definition) is 1. The van der Waals surface area contributed by atoms with Crippen LogP contribution in [0.25, 0.3) is 0 Å². The molecule has 1 unspecified atom stereocenters. The first-order valence-electron chi connectivity index (χ1n) is 8.62.